The zero-order valence-electron chi connectivity index (χ0n) is 20.2. The van der Waals surface area contributed by atoms with Gasteiger partial charge in [0.2, 0.25) is 8.87 Å². The van der Waals surface area contributed by atoms with Gasteiger partial charge in [-0.15, -0.1) is 12.4 Å². The van der Waals surface area contributed by atoms with Crippen LogP contribution < -0.4 is 0 Å². The molecule has 1 aliphatic heterocycles. The molecule has 0 bridgehead atoms. The molecule has 36 heavy (non-hydrogen) atoms. The van der Waals surface area contributed by atoms with Gasteiger partial charge in [0.05, 0.1) is 18.6 Å². The van der Waals surface area contributed by atoms with E-state index in [-0.39, 0.29) is 30.5 Å². The van der Waals surface area contributed by atoms with Gasteiger partial charge in [-0.1, -0.05) is 47.5 Å². The minimum atomic E-state index is -3.68. The van der Waals surface area contributed by atoms with Crippen molar-refractivity contribution >= 4 is 55.6 Å². The number of hydrogen-bond donors (Lipinski definition) is 0. The lowest BCUT2D eigenvalue weighted by molar-refractivity contribution is -0.147. The van der Waals surface area contributed by atoms with E-state index in [9.17, 15) is 18.0 Å². The first kappa shape index (κ1) is 30.2. The summed E-state index contributed by atoms with van der Waals surface area (Å²) in [5.74, 6) is -1.05. The van der Waals surface area contributed by atoms with E-state index in [1.807, 2.05) is 11.8 Å². The number of carbonyl (C=O) groups excluding carboxylic acids is 2. The van der Waals surface area contributed by atoms with E-state index in [0.29, 0.717) is 29.1 Å². The molecule has 1 saturated heterocycles. The van der Waals surface area contributed by atoms with Crippen LogP contribution >= 0.6 is 34.8 Å². The maximum absolute atomic E-state index is 13.1. The summed E-state index contributed by atoms with van der Waals surface area (Å²) in [4.78, 5) is 27.2. The molecule has 0 radical (unpaired) electrons. The first-order valence-electron chi connectivity index (χ1n) is 11.1. The number of halogens is 2. The zero-order valence-corrected chi connectivity index (χ0v) is 23.4. The number of likely N-dealkylation sites (tertiary alicyclic amines) is 1. The Morgan fingerprint density at radius 2 is 1.86 bits per heavy atom. The molecule has 1 heterocycles. The van der Waals surface area contributed by atoms with Gasteiger partial charge >= 0.3 is 11.9 Å². The SMILES string of the molecule is CCOC(=O)/C=C1\CN(C(C(=O)OC)c2ccccc2Cl)CCC1SS(=O)(=O)c1ccc(C)cc1.Cl. The molecule has 0 amide bonds. The Morgan fingerprint density at radius 1 is 1.19 bits per heavy atom. The maximum Gasteiger partial charge on any atom is 0.330 e. The Labute approximate surface area is 226 Å². The average Bonchev–Trinajstić information content (AvgIpc) is 2.82. The second kappa shape index (κ2) is 13.5. The maximum atomic E-state index is 13.1. The number of piperidine rings is 1. The molecule has 1 aliphatic rings. The van der Waals surface area contributed by atoms with Gasteiger partial charge in [0.1, 0.15) is 6.04 Å². The molecule has 2 atom stereocenters. The van der Waals surface area contributed by atoms with Crippen LogP contribution in [-0.2, 0) is 27.9 Å². The zero-order chi connectivity index (χ0) is 25.6. The first-order valence-corrected chi connectivity index (χ1v) is 14.4. The fourth-order valence-corrected chi connectivity index (χ4v) is 7.72. The first-order chi connectivity index (χ1) is 16.7. The van der Waals surface area contributed by atoms with Crippen LogP contribution in [0.1, 0.15) is 30.5 Å². The van der Waals surface area contributed by atoms with Crippen molar-refractivity contribution in [2.24, 2.45) is 0 Å². The van der Waals surface area contributed by atoms with Crippen LogP contribution in [0.15, 0.2) is 65.1 Å². The lowest BCUT2D eigenvalue weighted by Gasteiger charge is -2.37. The van der Waals surface area contributed by atoms with Gasteiger partial charge in [0, 0.05) is 29.4 Å². The van der Waals surface area contributed by atoms with Crippen molar-refractivity contribution in [1.82, 2.24) is 4.90 Å². The molecule has 196 valence electrons. The van der Waals surface area contributed by atoms with Crippen molar-refractivity contribution in [3.8, 4) is 0 Å². The van der Waals surface area contributed by atoms with E-state index in [1.165, 1.54) is 13.2 Å². The lowest BCUT2D eigenvalue weighted by atomic mass is 9.98. The summed E-state index contributed by atoms with van der Waals surface area (Å²) in [6.07, 6.45) is 1.72. The summed E-state index contributed by atoms with van der Waals surface area (Å²) in [5, 5.41) is -0.0798. The van der Waals surface area contributed by atoms with Gasteiger partial charge in [0.25, 0.3) is 0 Å². The monoisotopic (exact) mass is 573 g/mol. The highest BCUT2D eigenvalue weighted by atomic mass is 35.5. The average molecular weight is 575 g/mol. The summed E-state index contributed by atoms with van der Waals surface area (Å²) in [6, 6.07) is 12.8. The van der Waals surface area contributed by atoms with Crippen LogP contribution in [-0.4, -0.2) is 57.3 Å². The molecular formula is C25H29Cl2NO6S2. The second-order valence-electron chi connectivity index (χ2n) is 8.03. The Kier molecular flexibility index (Phi) is 11.3. The number of nitrogens with zero attached hydrogens (tertiary/aromatic N) is 1. The van der Waals surface area contributed by atoms with Crippen molar-refractivity contribution < 1.29 is 27.5 Å². The molecule has 3 rings (SSSR count). The number of benzene rings is 2. The molecule has 0 spiro atoms. The number of methoxy groups -OCH3 is 1. The molecule has 0 aromatic heterocycles. The van der Waals surface area contributed by atoms with Crippen molar-refractivity contribution in [2.45, 2.75) is 36.5 Å². The van der Waals surface area contributed by atoms with Crippen LogP contribution in [0.5, 0.6) is 0 Å². The fraction of sp³-hybridized carbons (Fsp3) is 0.360. The molecule has 2 aromatic carbocycles. The van der Waals surface area contributed by atoms with Gasteiger partial charge < -0.3 is 9.47 Å². The Morgan fingerprint density at radius 3 is 2.47 bits per heavy atom. The van der Waals surface area contributed by atoms with Gasteiger partial charge in [-0.25, -0.2) is 18.0 Å². The number of ether oxygens (including phenoxy) is 2. The highest BCUT2D eigenvalue weighted by Crippen LogP contribution is 2.39. The molecule has 2 aromatic rings. The van der Waals surface area contributed by atoms with Crippen LogP contribution in [0, 0.1) is 6.92 Å². The minimum Gasteiger partial charge on any atom is -0.468 e. The Balaban J connectivity index is 0.00000456. The molecular weight excluding hydrogens is 545 g/mol. The van der Waals surface area contributed by atoms with E-state index in [4.69, 9.17) is 21.1 Å². The molecule has 0 saturated carbocycles. The topological polar surface area (TPSA) is 90.0 Å². The van der Waals surface area contributed by atoms with Crippen LogP contribution in [0.3, 0.4) is 0 Å². The fourth-order valence-electron chi connectivity index (χ4n) is 3.88. The van der Waals surface area contributed by atoms with Crippen molar-refractivity contribution in [1.29, 1.82) is 0 Å². The quantitative estimate of drug-likeness (QED) is 0.248. The van der Waals surface area contributed by atoms with Crippen molar-refractivity contribution in [3.63, 3.8) is 0 Å². The van der Waals surface area contributed by atoms with E-state index >= 15 is 0 Å². The minimum absolute atomic E-state index is 0. The van der Waals surface area contributed by atoms with E-state index < -0.39 is 32.1 Å². The normalized spacial score (nSPS) is 18.2. The highest BCUT2D eigenvalue weighted by molar-refractivity contribution is 8.72. The third-order valence-electron chi connectivity index (χ3n) is 5.61. The molecule has 7 nitrogen and oxygen atoms in total. The number of hydrogen-bond acceptors (Lipinski definition) is 8. The lowest BCUT2D eigenvalue weighted by Crippen LogP contribution is -2.43. The smallest absolute Gasteiger partial charge is 0.330 e. The predicted octanol–water partition coefficient (Wildman–Crippen LogP) is 4.97. The Hall–Kier alpha value is -2.04. The van der Waals surface area contributed by atoms with Crippen molar-refractivity contribution in [2.75, 3.05) is 26.8 Å². The summed E-state index contributed by atoms with van der Waals surface area (Å²) in [6.45, 7) is 4.34. The van der Waals surface area contributed by atoms with Crippen molar-refractivity contribution in [3.05, 3.63) is 76.3 Å². The standard InChI is InChI=1S/C25H28ClNO6S2.ClH/c1-4-33-23(28)15-18-16-27(24(25(29)32-3)20-7-5-6-8-21(20)26)14-13-22(18)34-35(30,31)19-11-9-17(2)10-12-19;/h5-12,15,22,24H,4,13-14,16H2,1-3H3;1H/b18-15+;. The van der Waals surface area contributed by atoms with Crippen LogP contribution in [0.2, 0.25) is 5.02 Å². The highest BCUT2D eigenvalue weighted by Gasteiger charge is 2.37. The van der Waals surface area contributed by atoms with Gasteiger partial charge in [0.15, 0.2) is 0 Å². The number of esters is 2. The number of aryl methyl sites for hydroxylation is 1. The van der Waals surface area contributed by atoms with E-state index in [1.54, 1.807) is 55.5 Å². The molecule has 1 fully saturated rings. The summed E-state index contributed by atoms with van der Waals surface area (Å²) in [7, 11) is -1.57. The third-order valence-corrected chi connectivity index (χ3v) is 9.86. The third kappa shape index (κ3) is 7.49. The molecule has 2 unspecified atom stereocenters. The van der Waals surface area contributed by atoms with E-state index in [2.05, 4.69) is 0 Å². The largest absolute Gasteiger partial charge is 0.468 e. The number of carbonyl (C=O) groups is 2. The van der Waals surface area contributed by atoms with Crippen LogP contribution in [0.4, 0.5) is 0 Å². The molecule has 0 N–H and O–H groups in total. The van der Waals surface area contributed by atoms with Gasteiger partial charge in [-0.05, 0) is 60.4 Å². The van der Waals surface area contributed by atoms with Crippen LogP contribution in [0.25, 0.3) is 0 Å². The number of rotatable bonds is 8. The summed E-state index contributed by atoms with van der Waals surface area (Å²) < 4.78 is 36.4. The van der Waals surface area contributed by atoms with Gasteiger partial charge in [-0.2, -0.15) is 0 Å². The van der Waals surface area contributed by atoms with E-state index in [0.717, 1.165) is 16.4 Å². The summed E-state index contributed by atoms with van der Waals surface area (Å²) in [5.41, 5.74) is 2.09. The summed E-state index contributed by atoms with van der Waals surface area (Å²) >= 11 is 6.39. The second-order valence-corrected chi connectivity index (χ2v) is 12.5. The molecule has 11 heteroatoms. The predicted molar refractivity (Wildman–Crippen MR) is 144 cm³/mol. The van der Waals surface area contributed by atoms with Gasteiger partial charge in [-0.3, -0.25) is 4.90 Å². The Bertz CT molecular complexity index is 1200. The molecule has 0 aliphatic carbocycles.